The highest BCUT2D eigenvalue weighted by Gasteiger charge is 2.43. The van der Waals surface area contributed by atoms with Crippen molar-refractivity contribution in [3.05, 3.63) is 80.9 Å². The van der Waals surface area contributed by atoms with Gasteiger partial charge in [0.1, 0.15) is 16.9 Å². The Morgan fingerprint density at radius 2 is 1.70 bits per heavy atom. The molecule has 4 aromatic rings. The second kappa shape index (κ2) is 11.7. The summed E-state index contributed by atoms with van der Waals surface area (Å²) in [5.74, 6) is -0.226. The number of piperidine rings is 1. The van der Waals surface area contributed by atoms with E-state index in [1.54, 1.807) is 11.0 Å². The molecule has 2 aromatic heterocycles. The number of nitrogens with zero attached hydrogens (tertiary/aromatic N) is 1. The average Bonchev–Trinajstić information content (AvgIpc) is 3.38. The maximum atomic E-state index is 13.5. The number of carboxylic acid groups (broad SMARTS) is 1. The zero-order valence-corrected chi connectivity index (χ0v) is 24.4. The first-order chi connectivity index (χ1) is 20.8. The van der Waals surface area contributed by atoms with Gasteiger partial charge in [-0.05, 0) is 62.6 Å². The Kier molecular flexibility index (Phi) is 7.81. The Morgan fingerprint density at radius 3 is 2.44 bits per heavy atom. The monoisotopic (exact) mass is 584 g/mol. The lowest BCUT2D eigenvalue weighted by Gasteiger charge is -2.41. The number of carbonyl (C=O) groups excluding carboxylic acids is 2. The third kappa shape index (κ3) is 5.44. The molecular weight excluding hydrogens is 548 g/mol. The Hall–Kier alpha value is -4.40. The van der Waals surface area contributed by atoms with Crippen LogP contribution in [0.25, 0.3) is 21.9 Å². The van der Waals surface area contributed by atoms with E-state index in [1.807, 2.05) is 43.3 Å². The molecule has 0 radical (unpaired) electrons. The van der Waals surface area contributed by atoms with Crippen LogP contribution in [0.2, 0.25) is 0 Å². The second-order valence-corrected chi connectivity index (χ2v) is 11.8. The largest absolute Gasteiger partial charge is 0.481 e. The molecule has 0 saturated carbocycles. The fraction of sp³-hybridized carbons (Fsp3) is 0.412. The van der Waals surface area contributed by atoms with Gasteiger partial charge in [-0.15, -0.1) is 0 Å². The molecule has 1 aliphatic carbocycles. The van der Waals surface area contributed by atoms with Crippen LogP contribution >= 0.6 is 0 Å². The van der Waals surface area contributed by atoms with Crippen molar-refractivity contribution in [2.24, 2.45) is 0 Å². The first-order valence-electron chi connectivity index (χ1n) is 15.1. The summed E-state index contributed by atoms with van der Waals surface area (Å²) in [4.78, 5) is 52.7. The van der Waals surface area contributed by atoms with Crippen LogP contribution in [0.1, 0.15) is 66.5 Å². The van der Waals surface area contributed by atoms with Crippen molar-refractivity contribution in [3.8, 4) is 0 Å². The number of nitrogens with one attached hydrogen (secondary N) is 1. The second-order valence-electron chi connectivity index (χ2n) is 11.8. The topological polar surface area (TPSA) is 130 Å². The molecular formula is C34H36N2O7. The van der Waals surface area contributed by atoms with Crippen molar-refractivity contribution in [1.29, 1.82) is 0 Å². The van der Waals surface area contributed by atoms with Crippen molar-refractivity contribution in [2.75, 3.05) is 19.6 Å². The average molecular weight is 585 g/mol. The van der Waals surface area contributed by atoms with E-state index in [9.17, 15) is 19.2 Å². The van der Waals surface area contributed by atoms with Crippen molar-refractivity contribution in [3.63, 3.8) is 0 Å². The maximum absolute atomic E-state index is 13.5. The lowest BCUT2D eigenvalue weighted by atomic mass is 9.72. The minimum atomic E-state index is -0.900. The van der Waals surface area contributed by atoms with Crippen LogP contribution < -0.4 is 10.9 Å². The van der Waals surface area contributed by atoms with Crippen LogP contribution in [0.3, 0.4) is 0 Å². The number of rotatable bonds is 8. The quantitative estimate of drug-likeness (QED) is 0.225. The number of amides is 2. The highest BCUT2D eigenvalue weighted by molar-refractivity contribution is 5.97. The summed E-state index contributed by atoms with van der Waals surface area (Å²) in [6, 6.07) is 13.4. The molecule has 6 rings (SSSR count). The first-order valence-corrected chi connectivity index (χ1v) is 15.1. The van der Waals surface area contributed by atoms with Crippen molar-refractivity contribution in [2.45, 2.75) is 70.1 Å². The van der Waals surface area contributed by atoms with Gasteiger partial charge in [-0.2, -0.15) is 0 Å². The summed E-state index contributed by atoms with van der Waals surface area (Å²) in [5, 5.41) is 13.7. The molecule has 9 nitrogen and oxygen atoms in total. The number of carbonyl (C=O) groups is 3. The highest BCUT2D eigenvalue weighted by Crippen LogP contribution is 2.37. The van der Waals surface area contributed by atoms with Gasteiger partial charge in [-0.1, -0.05) is 30.3 Å². The third-order valence-electron chi connectivity index (χ3n) is 9.27. The molecule has 0 atom stereocenters. The summed E-state index contributed by atoms with van der Waals surface area (Å²) >= 11 is 0. The SMILES string of the molecule is Cc1c(CC(=O)N2CCC(C(=O)NCCCC(=O)O)(c3ccccc3)CC2)c(=O)oc2cc3oc4c(c3cc12)CCCC4. The smallest absolute Gasteiger partial charge is 0.340 e. The van der Waals surface area contributed by atoms with Crippen LogP contribution in [0.4, 0.5) is 0 Å². The molecule has 0 bridgehead atoms. The molecule has 9 heteroatoms. The minimum Gasteiger partial charge on any atom is -0.481 e. The highest BCUT2D eigenvalue weighted by atomic mass is 16.4. The molecule has 0 unspecified atom stereocenters. The molecule has 43 heavy (non-hydrogen) atoms. The number of carboxylic acids is 1. The standard InChI is InChI=1S/C34H36N2O7/c1-21-24-18-26-23-10-5-6-11-27(23)42-29(26)20-28(24)43-32(40)25(21)19-30(37)36-16-13-34(14-17-36,22-8-3-2-4-9-22)33(41)35-15-7-12-31(38)39/h2-4,8-9,18,20H,5-7,10-17,19H2,1H3,(H,35,41)(H,38,39). The van der Waals surface area contributed by atoms with Gasteiger partial charge >= 0.3 is 11.6 Å². The van der Waals surface area contributed by atoms with E-state index >= 15 is 0 Å². The van der Waals surface area contributed by atoms with Crippen LogP contribution in [-0.4, -0.2) is 47.4 Å². The number of hydrogen-bond acceptors (Lipinski definition) is 6. The normalized spacial score (nSPS) is 16.3. The van der Waals surface area contributed by atoms with E-state index in [1.165, 1.54) is 5.56 Å². The molecule has 2 aliphatic rings. The minimum absolute atomic E-state index is 0.0156. The van der Waals surface area contributed by atoms with E-state index in [4.69, 9.17) is 13.9 Å². The molecule has 2 aromatic carbocycles. The van der Waals surface area contributed by atoms with Gasteiger partial charge in [0.25, 0.3) is 0 Å². The van der Waals surface area contributed by atoms with E-state index in [0.717, 1.165) is 58.9 Å². The maximum Gasteiger partial charge on any atom is 0.340 e. The zero-order valence-electron chi connectivity index (χ0n) is 24.4. The predicted molar refractivity (Wildman–Crippen MR) is 161 cm³/mol. The molecule has 1 aliphatic heterocycles. The van der Waals surface area contributed by atoms with Gasteiger partial charge in [-0.3, -0.25) is 14.4 Å². The van der Waals surface area contributed by atoms with Gasteiger partial charge in [0.2, 0.25) is 11.8 Å². The molecule has 2 amide bonds. The molecule has 2 N–H and O–H groups in total. The van der Waals surface area contributed by atoms with Gasteiger partial charge in [0.15, 0.2) is 0 Å². The zero-order chi connectivity index (χ0) is 30.1. The van der Waals surface area contributed by atoms with Crippen LogP contribution in [0.5, 0.6) is 0 Å². The molecule has 0 spiro atoms. The van der Waals surface area contributed by atoms with E-state index < -0.39 is 17.0 Å². The lowest BCUT2D eigenvalue weighted by molar-refractivity contribution is -0.137. The molecule has 1 saturated heterocycles. The number of aliphatic carboxylic acids is 1. The van der Waals surface area contributed by atoms with Crippen molar-refractivity contribution in [1.82, 2.24) is 10.2 Å². The van der Waals surface area contributed by atoms with Gasteiger partial charge in [-0.25, -0.2) is 4.79 Å². The van der Waals surface area contributed by atoms with Gasteiger partial charge < -0.3 is 24.2 Å². The molecule has 224 valence electrons. The number of hydrogen-bond donors (Lipinski definition) is 2. The number of benzene rings is 2. The van der Waals surface area contributed by atoms with Crippen LogP contribution in [-0.2, 0) is 39.1 Å². The summed E-state index contributed by atoms with van der Waals surface area (Å²) in [6.07, 6.45) is 5.20. The first kappa shape index (κ1) is 28.7. The third-order valence-corrected chi connectivity index (χ3v) is 9.27. The number of furan rings is 1. The van der Waals surface area contributed by atoms with Crippen molar-refractivity contribution >= 4 is 39.7 Å². The van der Waals surface area contributed by atoms with Gasteiger partial charge in [0.05, 0.1) is 17.4 Å². The fourth-order valence-corrected chi connectivity index (χ4v) is 6.76. The number of aryl methyl sites for hydroxylation is 3. The Morgan fingerprint density at radius 1 is 0.977 bits per heavy atom. The van der Waals surface area contributed by atoms with E-state index in [0.29, 0.717) is 43.5 Å². The number of fused-ring (bicyclic) bond motifs is 4. The molecule has 1 fully saturated rings. The van der Waals surface area contributed by atoms with Crippen molar-refractivity contribution < 1.29 is 28.3 Å². The van der Waals surface area contributed by atoms with Crippen LogP contribution in [0, 0.1) is 6.92 Å². The van der Waals surface area contributed by atoms with Crippen LogP contribution in [0.15, 0.2) is 56.1 Å². The van der Waals surface area contributed by atoms with E-state index in [2.05, 4.69) is 5.32 Å². The van der Waals surface area contributed by atoms with Gasteiger partial charge in [0, 0.05) is 54.9 Å². The summed E-state index contributed by atoms with van der Waals surface area (Å²) in [7, 11) is 0. The Bertz CT molecular complexity index is 1760. The summed E-state index contributed by atoms with van der Waals surface area (Å²) < 4.78 is 11.8. The molecule has 3 heterocycles. The Balaban J connectivity index is 1.21. The predicted octanol–water partition coefficient (Wildman–Crippen LogP) is 4.81. The lowest BCUT2D eigenvalue weighted by Crippen LogP contribution is -2.53. The Labute approximate surface area is 248 Å². The summed E-state index contributed by atoms with van der Waals surface area (Å²) in [5.41, 5.74) is 3.03. The fourth-order valence-electron chi connectivity index (χ4n) is 6.76. The summed E-state index contributed by atoms with van der Waals surface area (Å²) in [6.45, 7) is 2.85. The van der Waals surface area contributed by atoms with E-state index in [-0.39, 0.29) is 31.2 Å². The number of likely N-dealkylation sites (tertiary alicyclic amines) is 1.